The number of ether oxygens (including phenoxy) is 1. The molecule has 0 unspecified atom stereocenters. The standard InChI is InChI=1S/C32H48O6/c1-10-11-22(17-25(34)35)27-29-32(15-14-20(4)5,18-23(31(27,8)9)13-12-19(2)3)28(36)26(30(37)38-29)24(33)16-21(6)7/h12,14,21-23,36H,10-11,13,15-18H2,1-9H3,(H,34,35)/t22-,23-,32+/m0/s1. The Kier molecular flexibility index (Phi) is 10.4. The number of rotatable bonds is 12. The average Bonchev–Trinajstić information content (AvgIpc) is 2.76. The number of esters is 1. The number of carbonyl (C=O) groups excluding carboxylic acids is 2. The predicted molar refractivity (Wildman–Crippen MR) is 150 cm³/mol. The molecule has 212 valence electrons. The van der Waals surface area contributed by atoms with E-state index in [2.05, 4.69) is 19.9 Å². The number of allylic oxidation sites excluding steroid dienone is 5. The minimum Gasteiger partial charge on any atom is -0.510 e. The third kappa shape index (κ3) is 6.68. The van der Waals surface area contributed by atoms with Gasteiger partial charge in [-0.1, -0.05) is 64.3 Å². The molecule has 0 amide bonds. The number of fused-ring (bicyclic) bond motifs is 1. The van der Waals surface area contributed by atoms with E-state index in [1.54, 1.807) is 0 Å². The van der Waals surface area contributed by atoms with Crippen molar-refractivity contribution < 1.29 is 29.3 Å². The summed E-state index contributed by atoms with van der Waals surface area (Å²) in [5.41, 5.74) is 1.15. The molecule has 38 heavy (non-hydrogen) atoms. The summed E-state index contributed by atoms with van der Waals surface area (Å²) in [7, 11) is 0. The van der Waals surface area contributed by atoms with Crippen molar-refractivity contribution in [3.8, 4) is 0 Å². The molecule has 0 saturated heterocycles. The summed E-state index contributed by atoms with van der Waals surface area (Å²) in [6.07, 6.45) is 7.17. The maximum Gasteiger partial charge on any atom is 0.350 e. The van der Waals surface area contributed by atoms with Crippen LogP contribution in [-0.4, -0.2) is 27.9 Å². The minimum atomic E-state index is -1.11. The predicted octanol–water partition coefficient (Wildman–Crippen LogP) is 7.86. The minimum absolute atomic E-state index is 0.0111. The Balaban J connectivity index is 3.01. The lowest BCUT2D eigenvalue weighted by molar-refractivity contribution is -0.143. The van der Waals surface area contributed by atoms with Gasteiger partial charge in [0.15, 0.2) is 5.78 Å². The number of carbonyl (C=O) groups is 3. The van der Waals surface area contributed by atoms with Gasteiger partial charge in [-0.05, 0) is 82.1 Å². The number of hydrogen-bond acceptors (Lipinski definition) is 5. The van der Waals surface area contributed by atoms with E-state index in [4.69, 9.17) is 4.74 Å². The fourth-order valence-electron chi connectivity index (χ4n) is 6.12. The maximum absolute atomic E-state index is 13.4. The molecule has 0 saturated carbocycles. The molecule has 0 aromatic heterocycles. The van der Waals surface area contributed by atoms with Crippen LogP contribution >= 0.6 is 0 Å². The molecule has 1 aliphatic heterocycles. The molecule has 0 spiro atoms. The number of Topliss-reactive ketones (excluding diaryl/α,β-unsaturated/α-hetero) is 1. The molecule has 3 atom stereocenters. The maximum atomic E-state index is 13.4. The molecule has 6 heteroatoms. The van der Waals surface area contributed by atoms with Gasteiger partial charge in [0.25, 0.3) is 0 Å². The molecule has 2 rings (SSSR count). The van der Waals surface area contributed by atoms with Gasteiger partial charge in [-0.15, -0.1) is 0 Å². The van der Waals surface area contributed by atoms with Crippen molar-refractivity contribution in [1.29, 1.82) is 0 Å². The largest absolute Gasteiger partial charge is 0.510 e. The zero-order valence-corrected chi connectivity index (χ0v) is 24.9. The first kappa shape index (κ1) is 31.6. The highest BCUT2D eigenvalue weighted by atomic mass is 16.5. The summed E-state index contributed by atoms with van der Waals surface area (Å²) < 4.78 is 6.11. The second kappa shape index (κ2) is 12.5. The van der Waals surface area contributed by atoms with Gasteiger partial charge in [-0.2, -0.15) is 0 Å². The number of aliphatic carboxylic acids is 1. The van der Waals surface area contributed by atoms with Crippen molar-refractivity contribution in [3.05, 3.63) is 46.0 Å². The number of aliphatic hydroxyl groups is 1. The van der Waals surface area contributed by atoms with E-state index in [-0.39, 0.29) is 41.9 Å². The van der Waals surface area contributed by atoms with Crippen LogP contribution in [0.2, 0.25) is 0 Å². The molecule has 0 aromatic rings. The van der Waals surface area contributed by atoms with Crippen molar-refractivity contribution >= 4 is 17.7 Å². The molecule has 2 aliphatic rings. The van der Waals surface area contributed by atoms with Crippen LogP contribution in [0, 0.1) is 28.6 Å². The van der Waals surface area contributed by atoms with Crippen LogP contribution in [0.3, 0.4) is 0 Å². The van der Waals surface area contributed by atoms with Crippen LogP contribution in [0.5, 0.6) is 0 Å². The first-order valence-electron chi connectivity index (χ1n) is 14.0. The van der Waals surface area contributed by atoms with Crippen molar-refractivity contribution in [3.63, 3.8) is 0 Å². The Labute approximate surface area is 228 Å². The Morgan fingerprint density at radius 3 is 2.18 bits per heavy atom. The van der Waals surface area contributed by atoms with Crippen molar-refractivity contribution in [2.75, 3.05) is 0 Å². The first-order valence-corrected chi connectivity index (χ1v) is 14.0. The van der Waals surface area contributed by atoms with Crippen LogP contribution in [0.1, 0.15) is 107 Å². The Bertz CT molecular complexity index is 1060. The van der Waals surface area contributed by atoms with Gasteiger partial charge in [-0.3, -0.25) is 9.59 Å². The van der Waals surface area contributed by atoms with E-state index in [1.165, 1.54) is 5.57 Å². The number of carboxylic acid groups (broad SMARTS) is 1. The second-order valence-electron chi connectivity index (χ2n) is 12.7. The van der Waals surface area contributed by atoms with Crippen molar-refractivity contribution in [2.45, 2.75) is 107 Å². The molecular formula is C32H48O6. The molecule has 0 bridgehead atoms. The Morgan fingerprint density at radius 2 is 1.68 bits per heavy atom. The molecular weight excluding hydrogens is 480 g/mol. The fourth-order valence-corrected chi connectivity index (χ4v) is 6.12. The summed E-state index contributed by atoms with van der Waals surface area (Å²) in [6, 6.07) is 0. The van der Waals surface area contributed by atoms with Gasteiger partial charge in [-0.25, -0.2) is 4.79 Å². The highest BCUT2D eigenvalue weighted by molar-refractivity contribution is 6.18. The molecule has 0 fully saturated rings. The molecule has 6 nitrogen and oxygen atoms in total. The molecule has 1 heterocycles. The van der Waals surface area contributed by atoms with Crippen LogP contribution < -0.4 is 0 Å². The zero-order chi connectivity index (χ0) is 29.0. The third-order valence-electron chi connectivity index (χ3n) is 8.09. The van der Waals surface area contributed by atoms with Gasteiger partial charge < -0.3 is 14.9 Å². The number of ketones is 1. The first-order chi connectivity index (χ1) is 17.6. The zero-order valence-electron chi connectivity index (χ0n) is 24.9. The van der Waals surface area contributed by atoms with E-state index >= 15 is 0 Å². The van der Waals surface area contributed by atoms with Crippen LogP contribution in [0.15, 0.2) is 46.0 Å². The lowest BCUT2D eigenvalue weighted by Gasteiger charge is -2.53. The van der Waals surface area contributed by atoms with E-state index in [9.17, 15) is 24.6 Å². The molecule has 2 N–H and O–H groups in total. The lowest BCUT2D eigenvalue weighted by Crippen LogP contribution is -2.48. The van der Waals surface area contributed by atoms with E-state index in [0.29, 0.717) is 25.0 Å². The fraction of sp³-hybridized carbons (Fsp3) is 0.656. The highest BCUT2D eigenvalue weighted by Gasteiger charge is 2.58. The third-order valence-corrected chi connectivity index (χ3v) is 8.09. The summed E-state index contributed by atoms with van der Waals surface area (Å²) >= 11 is 0. The van der Waals surface area contributed by atoms with Gasteiger partial charge in [0.1, 0.15) is 17.1 Å². The highest BCUT2D eigenvalue weighted by Crippen LogP contribution is 2.62. The van der Waals surface area contributed by atoms with Gasteiger partial charge in [0.2, 0.25) is 0 Å². The average molecular weight is 529 g/mol. The topological polar surface area (TPSA) is 101 Å². The van der Waals surface area contributed by atoms with Crippen molar-refractivity contribution in [2.24, 2.45) is 28.6 Å². The van der Waals surface area contributed by atoms with Crippen molar-refractivity contribution in [1.82, 2.24) is 0 Å². The number of hydrogen-bond donors (Lipinski definition) is 2. The SMILES string of the molecule is CCC[C@@H](CC(=O)O)C1=C2OC(=O)C(C(=O)CC(C)C)=C(O)[C@@]2(CC=C(C)C)C[C@H](CC=C(C)C)C1(C)C. The molecule has 0 radical (unpaired) electrons. The van der Waals surface area contributed by atoms with E-state index in [0.717, 1.165) is 24.0 Å². The summed E-state index contributed by atoms with van der Waals surface area (Å²) in [5, 5.41) is 21.8. The second-order valence-corrected chi connectivity index (χ2v) is 12.7. The summed E-state index contributed by atoms with van der Waals surface area (Å²) in [4.78, 5) is 38.6. The van der Waals surface area contributed by atoms with Gasteiger partial charge in [0, 0.05) is 6.42 Å². The van der Waals surface area contributed by atoms with E-state index < -0.39 is 28.6 Å². The Morgan fingerprint density at radius 1 is 1.08 bits per heavy atom. The van der Waals surface area contributed by atoms with E-state index in [1.807, 2.05) is 54.5 Å². The smallest absolute Gasteiger partial charge is 0.350 e. The number of carboxylic acids is 1. The van der Waals surface area contributed by atoms with Gasteiger partial charge >= 0.3 is 11.9 Å². The lowest BCUT2D eigenvalue weighted by atomic mass is 9.53. The van der Waals surface area contributed by atoms with Crippen LogP contribution in [0.25, 0.3) is 0 Å². The summed E-state index contributed by atoms with van der Waals surface area (Å²) in [5.74, 6) is -2.35. The van der Waals surface area contributed by atoms with Crippen LogP contribution in [-0.2, 0) is 19.1 Å². The molecule has 0 aromatic carbocycles. The Hall–Kier alpha value is -2.63. The normalized spacial score (nSPS) is 23.5. The quantitative estimate of drug-likeness (QED) is 0.152. The molecule has 1 aliphatic carbocycles. The summed E-state index contributed by atoms with van der Waals surface area (Å²) in [6.45, 7) is 18.0. The number of aliphatic hydroxyl groups excluding tert-OH is 1. The monoisotopic (exact) mass is 528 g/mol. The van der Waals surface area contributed by atoms with Crippen LogP contribution in [0.4, 0.5) is 0 Å². The van der Waals surface area contributed by atoms with Gasteiger partial charge in [0.05, 0.1) is 11.8 Å².